The van der Waals surface area contributed by atoms with Crippen LogP contribution in [-0.4, -0.2) is 30.3 Å². The molecule has 0 saturated heterocycles. The molecular weight excluding hydrogens is 260 g/mol. The van der Waals surface area contributed by atoms with Crippen LogP contribution in [0.4, 0.5) is 17.3 Å². The molecule has 0 radical (unpaired) electrons. The van der Waals surface area contributed by atoms with Gasteiger partial charge in [-0.25, -0.2) is 9.97 Å². The van der Waals surface area contributed by atoms with Gasteiger partial charge in [-0.3, -0.25) is 0 Å². The van der Waals surface area contributed by atoms with Crippen molar-refractivity contribution in [3.05, 3.63) is 24.5 Å². The zero-order valence-electron chi connectivity index (χ0n) is 10.9. The molecule has 3 N–H and O–H groups in total. The van der Waals surface area contributed by atoms with E-state index in [1.165, 1.54) is 13.4 Å². The van der Waals surface area contributed by atoms with Crippen LogP contribution < -0.4 is 25.3 Å². The van der Waals surface area contributed by atoms with Crippen LogP contribution in [-0.2, 0) is 0 Å². The summed E-state index contributed by atoms with van der Waals surface area (Å²) >= 11 is 0. The van der Waals surface area contributed by atoms with Gasteiger partial charge in [-0.2, -0.15) is 0 Å². The zero-order valence-corrected chi connectivity index (χ0v) is 10.9. The van der Waals surface area contributed by atoms with Crippen molar-refractivity contribution >= 4 is 17.3 Å². The number of hydrogen-bond donors (Lipinski definition) is 2. The molecule has 1 aliphatic rings. The van der Waals surface area contributed by atoms with Crippen molar-refractivity contribution in [2.24, 2.45) is 0 Å². The largest absolute Gasteiger partial charge is 0.490 e. The molecule has 1 aromatic carbocycles. The lowest BCUT2D eigenvalue weighted by molar-refractivity contribution is 0.171. The lowest BCUT2D eigenvalue weighted by Gasteiger charge is -2.19. The maximum atomic E-state index is 5.74. The van der Waals surface area contributed by atoms with Gasteiger partial charge in [0, 0.05) is 11.8 Å². The molecule has 7 nitrogen and oxygen atoms in total. The van der Waals surface area contributed by atoms with Crippen LogP contribution in [0.5, 0.6) is 17.2 Å². The summed E-state index contributed by atoms with van der Waals surface area (Å²) in [7, 11) is 1.52. The third-order valence-corrected chi connectivity index (χ3v) is 2.84. The van der Waals surface area contributed by atoms with Gasteiger partial charge >= 0.3 is 0 Å². The molecule has 1 aliphatic heterocycles. The van der Waals surface area contributed by atoms with Crippen LogP contribution in [0.3, 0.4) is 0 Å². The van der Waals surface area contributed by atoms with E-state index in [2.05, 4.69) is 15.3 Å². The summed E-state index contributed by atoms with van der Waals surface area (Å²) in [6, 6.07) is 5.55. The fourth-order valence-corrected chi connectivity index (χ4v) is 1.94. The summed E-state index contributed by atoms with van der Waals surface area (Å²) in [6.07, 6.45) is 1.37. The Morgan fingerprint density at radius 1 is 1.20 bits per heavy atom. The van der Waals surface area contributed by atoms with Gasteiger partial charge in [-0.15, -0.1) is 0 Å². The second kappa shape index (κ2) is 5.12. The smallest absolute Gasteiger partial charge is 0.204 e. The van der Waals surface area contributed by atoms with Gasteiger partial charge in [0.05, 0.1) is 7.11 Å². The molecule has 0 aliphatic carbocycles. The van der Waals surface area contributed by atoms with Crippen LogP contribution in [0.1, 0.15) is 0 Å². The number of nitrogens with two attached hydrogens (primary N) is 1. The van der Waals surface area contributed by atoms with Gasteiger partial charge < -0.3 is 25.3 Å². The minimum atomic E-state index is 0.280. The Balaban J connectivity index is 1.90. The topological polar surface area (TPSA) is 91.5 Å². The third kappa shape index (κ3) is 2.25. The van der Waals surface area contributed by atoms with E-state index in [9.17, 15) is 0 Å². The van der Waals surface area contributed by atoms with Gasteiger partial charge in [0.1, 0.15) is 19.5 Å². The molecule has 0 fully saturated rings. The van der Waals surface area contributed by atoms with Crippen molar-refractivity contribution in [2.75, 3.05) is 31.4 Å². The molecule has 0 unspecified atom stereocenters. The molecule has 0 saturated carbocycles. The van der Waals surface area contributed by atoms with Crippen molar-refractivity contribution in [1.82, 2.24) is 9.97 Å². The van der Waals surface area contributed by atoms with Crippen LogP contribution in [0.2, 0.25) is 0 Å². The van der Waals surface area contributed by atoms with Gasteiger partial charge in [-0.1, -0.05) is 0 Å². The average molecular weight is 274 g/mol. The van der Waals surface area contributed by atoms with E-state index in [4.69, 9.17) is 19.9 Å². The molecule has 3 rings (SSSR count). The lowest BCUT2D eigenvalue weighted by atomic mass is 10.2. The Labute approximate surface area is 115 Å². The Bertz CT molecular complexity index is 633. The molecule has 20 heavy (non-hydrogen) atoms. The highest BCUT2D eigenvalue weighted by molar-refractivity contribution is 5.69. The summed E-state index contributed by atoms with van der Waals surface area (Å²) < 4.78 is 16.2. The third-order valence-electron chi connectivity index (χ3n) is 2.84. The first-order valence-corrected chi connectivity index (χ1v) is 6.09. The summed E-state index contributed by atoms with van der Waals surface area (Å²) in [5, 5.41) is 3.12. The maximum absolute atomic E-state index is 5.74. The Morgan fingerprint density at radius 2 is 2.00 bits per heavy atom. The highest BCUT2D eigenvalue weighted by Gasteiger charge is 2.14. The number of ether oxygens (including phenoxy) is 3. The van der Waals surface area contributed by atoms with Gasteiger partial charge in [0.25, 0.3) is 0 Å². The quantitative estimate of drug-likeness (QED) is 0.877. The Hall–Kier alpha value is -2.70. The van der Waals surface area contributed by atoms with Crippen molar-refractivity contribution in [3.8, 4) is 17.2 Å². The molecule has 0 amide bonds. The first kappa shape index (κ1) is 12.3. The SMILES string of the molecule is COc1c(N)ncnc1Nc1ccc2c(c1)OCCO2. The van der Waals surface area contributed by atoms with E-state index in [1.807, 2.05) is 18.2 Å². The lowest BCUT2D eigenvalue weighted by Crippen LogP contribution is -2.15. The molecule has 2 heterocycles. The van der Waals surface area contributed by atoms with Crippen molar-refractivity contribution in [2.45, 2.75) is 0 Å². The first-order valence-electron chi connectivity index (χ1n) is 6.09. The number of aromatic nitrogens is 2. The second-order valence-corrected chi connectivity index (χ2v) is 4.12. The normalized spacial score (nSPS) is 12.8. The predicted octanol–water partition coefficient (Wildman–Crippen LogP) is 1.58. The standard InChI is InChI=1S/C13H14N4O3/c1-18-11-12(14)15-7-16-13(11)17-8-2-3-9-10(6-8)20-5-4-19-9/h2-3,6-7H,4-5H2,1H3,(H3,14,15,16,17). The van der Waals surface area contributed by atoms with Crippen molar-refractivity contribution in [3.63, 3.8) is 0 Å². The van der Waals surface area contributed by atoms with E-state index in [0.717, 1.165) is 11.4 Å². The predicted molar refractivity (Wildman–Crippen MR) is 73.7 cm³/mol. The fourth-order valence-electron chi connectivity index (χ4n) is 1.94. The van der Waals surface area contributed by atoms with E-state index < -0.39 is 0 Å². The molecule has 104 valence electrons. The van der Waals surface area contributed by atoms with Crippen LogP contribution in [0.15, 0.2) is 24.5 Å². The van der Waals surface area contributed by atoms with E-state index in [0.29, 0.717) is 30.5 Å². The Morgan fingerprint density at radius 3 is 2.80 bits per heavy atom. The van der Waals surface area contributed by atoms with Crippen molar-refractivity contribution in [1.29, 1.82) is 0 Å². The first-order chi connectivity index (χ1) is 9.78. The van der Waals surface area contributed by atoms with Crippen LogP contribution in [0.25, 0.3) is 0 Å². The summed E-state index contributed by atoms with van der Waals surface area (Å²) in [6.45, 7) is 1.11. The Kier molecular flexibility index (Phi) is 3.16. The van der Waals surface area contributed by atoms with Crippen LogP contribution in [0, 0.1) is 0 Å². The van der Waals surface area contributed by atoms with E-state index in [1.54, 1.807) is 0 Å². The highest BCUT2D eigenvalue weighted by atomic mass is 16.6. The number of nitrogen functional groups attached to an aromatic ring is 1. The number of methoxy groups -OCH3 is 1. The fraction of sp³-hybridized carbons (Fsp3) is 0.231. The van der Waals surface area contributed by atoms with Gasteiger partial charge in [0.2, 0.25) is 5.75 Å². The minimum absolute atomic E-state index is 0.280. The summed E-state index contributed by atoms with van der Waals surface area (Å²) in [4.78, 5) is 8.00. The molecule has 2 aromatic rings. The van der Waals surface area contributed by atoms with E-state index in [-0.39, 0.29) is 5.82 Å². The summed E-state index contributed by atoms with van der Waals surface area (Å²) in [5.41, 5.74) is 6.53. The number of nitrogens with zero attached hydrogens (tertiary/aromatic N) is 2. The van der Waals surface area contributed by atoms with Crippen molar-refractivity contribution < 1.29 is 14.2 Å². The van der Waals surface area contributed by atoms with Crippen LogP contribution >= 0.6 is 0 Å². The molecule has 0 bridgehead atoms. The molecular formula is C13H14N4O3. The second-order valence-electron chi connectivity index (χ2n) is 4.12. The molecule has 7 heteroatoms. The molecule has 0 atom stereocenters. The zero-order chi connectivity index (χ0) is 13.9. The number of anilines is 3. The van der Waals surface area contributed by atoms with E-state index >= 15 is 0 Å². The van der Waals surface area contributed by atoms with Gasteiger partial charge in [-0.05, 0) is 12.1 Å². The average Bonchev–Trinajstić information content (AvgIpc) is 2.47. The van der Waals surface area contributed by atoms with Gasteiger partial charge in [0.15, 0.2) is 23.1 Å². The molecule has 1 aromatic heterocycles. The number of benzene rings is 1. The number of nitrogens with one attached hydrogen (secondary N) is 1. The number of fused-ring (bicyclic) bond motifs is 1. The highest BCUT2D eigenvalue weighted by Crippen LogP contribution is 2.35. The molecule has 0 spiro atoms. The summed E-state index contributed by atoms with van der Waals surface area (Å²) in [5.74, 6) is 2.61. The number of rotatable bonds is 3. The number of hydrogen-bond acceptors (Lipinski definition) is 7. The monoisotopic (exact) mass is 274 g/mol. The minimum Gasteiger partial charge on any atom is -0.490 e. The maximum Gasteiger partial charge on any atom is 0.204 e.